The summed E-state index contributed by atoms with van der Waals surface area (Å²) in [4.78, 5) is 28.9. The summed E-state index contributed by atoms with van der Waals surface area (Å²) in [6, 6.07) is 1.92. The largest absolute Gasteiger partial charge is 0.478 e. The molecule has 2 aromatic heterocycles. The van der Waals surface area contributed by atoms with Crippen molar-refractivity contribution >= 4 is 11.9 Å². The van der Waals surface area contributed by atoms with Gasteiger partial charge in [-0.2, -0.15) is 5.10 Å². The molecule has 0 unspecified atom stereocenters. The average Bonchev–Trinajstić information content (AvgIpc) is 3.20. The molecule has 2 aromatic rings. The van der Waals surface area contributed by atoms with Gasteiger partial charge < -0.3 is 15.0 Å². The van der Waals surface area contributed by atoms with Crippen molar-refractivity contribution < 1.29 is 14.7 Å². The minimum atomic E-state index is -0.998. The first-order chi connectivity index (χ1) is 12.0. The SMILES string of the molecule is Cc1[nH]c(C(=O)N2CCC(CCn3cccn3)CC2)c(C)c1C(=O)O. The molecule has 1 fully saturated rings. The number of carboxylic acids is 1. The number of carbonyl (C=O) groups is 2. The number of nitrogens with one attached hydrogen (secondary N) is 1. The molecule has 134 valence electrons. The van der Waals surface area contributed by atoms with Gasteiger partial charge in [0.25, 0.3) is 5.91 Å². The molecule has 7 heteroatoms. The van der Waals surface area contributed by atoms with Crippen molar-refractivity contribution in [1.29, 1.82) is 0 Å². The van der Waals surface area contributed by atoms with Crippen molar-refractivity contribution in [2.75, 3.05) is 13.1 Å². The van der Waals surface area contributed by atoms with Gasteiger partial charge in [-0.25, -0.2) is 4.79 Å². The van der Waals surface area contributed by atoms with Crippen LogP contribution in [0.3, 0.4) is 0 Å². The first kappa shape index (κ1) is 17.3. The summed E-state index contributed by atoms with van der Waals surface area (Å²) < 4.78 is 1.94. The Morgan fingerprint density at radius 3 is 2.60 bits per heavy atom. The predicted octanol–water partition coefficient (Wildman–Crippen LogP) is 2.47. The normalized spacial score (nSPS) is 15.5. The van der Waals surface area contributed by atoms with E-state index in [4.69, 9.17) is 0 Å². The lowest BCUT2D eigenvalue weighted by molar-refractivity contribution is 0.0677. The number of aryl methyl sites for hydroxylation is 2. The van der Waals surface area contributed by atoms with E-state index in [1.807, 2.05) is 21.8 Å². The molecule has 1 aliphatic heterocycles. The lowest BCUT2D eigenvalue weighted by Crippen LogP contribution is -2.39. The van der Waals surface area contributed by atoms with Crippen LogP contribution >= 0.6 is 0 Å². The number of aromatic nitrogens is 3. The van der Waals surface area contributed by atoms with Crippen LogP contribution < -0.4 is 0 Å². The van der Waals surface area contributed by atoms with Gasteiger partial charge in [-0.15, -0.1) is 0 Å². The van der Waals surface area contributed by atoms with Crippen LogP contribution in [-0.4, -0.2) is 49.7 Å². The summed E-state index contributed by atoms with van der Waals surface area (Å²) in [5.74, 6) is -0.504. The van der Waals surface area contributed by atoms with Gasteiger partial charge in [0, 0.05) is 37.7 Å². The number of aromatic carboxylic acids is 1. The Labute approximate surface area is 146 Å². The fourth-order valence-electron chi connectivity index (χ4n) is 3.62. The Hall–Kier alpha value is -2.57. The monoisotopic (exact) mass is 344 g/mol. The second-order valence-corrected chi connectivity index (χ2v) is 6.72. The van der Waals surface area contributed by atoms with Crippen LogP contribution in [0, 0.1) is 19.8 Å². The number of piperidine rings is 1. The number of rotatable bonds is 5. The highest BCUT2D eigenvalue weighted by Gasteiger charge is 2.28. The highest BCUT2D eigenvalue weighted by molar-refractivity contribution is 5.99. The maximum atomic E-state index is 12.7. The summed E-state index contributed by atoms with van der Waals surface area (Å²) in [6.45, 7) is 5.71. The van der Waals surface area contributed by atoms with Crippen molar-refractivity contribution in [2.24, 2.45) is 5.92 Å². The molecule has 1 amide bonds. The molecule has 0 aliphatic carbocycles. The molecule has 0 bridgehead atoms. The standard InChI is InChI=1S/C18H24N4O3/c1-12-15(18(24)25)13(2)20-16(12)17(23)21-9-4-14(5-10-21)6-11-22-8-3-7-19-22/h3,7-8,14,20H,4-6,9-11H2,1-2H3,(H,24,25). The fraction of sp³-hybridized carbons (Fsp3) is 0.500. The molecule has 7 nitrogen and oxygen atoms in total. The molecule has 3 heterocycles. The number of likely N-dealkylation sites (tertiary alicyclic amines) is 1. The molecule has 25 heavy (non-hydrogen) atoms. The minimum Gasteiger partial charge on any atom is -0.478 e. The second kappa shape index (κ2) is 7.13. The van der Waals surface area contributed by atoms with Crippen LogP contribution in [0.25, 0.3) is 0 Å². The lowest BCUT2D eigenvalue weighted by atomic mass is 9.93. The number of amides is 1. The Morgan fingerprint density at radius 1 is 1.32 bits per heavy atom. The highest BCUT2D eigenvalue weighted by Crippen LogP contribution is 2.24. The molecular weight excluding hydrogens is 320 g/mol. The van der Waals surface area contributed by atoms with Gasteiger partial charge in [-0.3, -0.25) is 9.48 Å². The summed E-state index contributed by atoms with van der Waals surface area (Å²) in [7, 11) is 0. The topological polar surface area (TPSA) is 91.2 Å². The number of carbonyl (C=O) groups excluding carboxylic acids is 1. The maximum Gasteiger partial charge on any atom is 0.337 e. The van der Waals surface area contributed by atoms with Crippen LogP contribution in [0.1, 0.15) is 51.4 Å². The molecule has 0 atom stereocenters. The quantitative estimate of drug-likeness (QED) is 0.872. The van der Waals surface area contributed by atoms with E-state index >= 15 is 0 Å². The zero-order valence-corrected chi connectivity index (χ0v) is 14.7. The van der Waals surface area contributed by atoms with Crippen molar-refractivity contribution in [3.05, 3.63) is 41.0 Å². The van der Waals surface area contributed by atoms with Gasteiger partial charge in [0.15, 0.2) is 0 Å². The van der Waals surface area contributed by atoms with Crippen molar-refractivity contribution in [3.8, 4) is 0 Å². The number of hydrogen-bond acceptors (Lipinski definition) is 3. The van der Waals surface area contributed by atoms with E-state index < -0.39 is 5.97 Å². The van der Waals surface area contributed by atoms with Gasteiger partial charge in [-0.05, 0) is 50.7 Å². The van der Waals surface area contributed by atoms with E-state index in [-0.39, 0.29) is 11.5 Å². The highest BCUT2D eigenvalue weighted by atomic mass is 16.4. The molecule has 1 aliphatic rings. The van der Waals surface area contributed by atoms with E-state index in [0.717, 1.165) is 25.8 Å². The van der Waals surface area contributed by atoms with E-state index in [1.165, 1.54) is 0 Å². The van der Waals surface area contributed by atoms with Crippen molar-refractivity contribution in [3.63, 3.8) is 0 Å². The van der Waals surface area contributed by atoms with Gasteiger partial charge in [0.05, 0.1) is 5.56 Å². The molecule has 0 saturated carbocycles. The van der Waals surface area contributed by atoms with E-state index in [2.05, 4.69) is 10.1 Å². The summed E-state index contributed by atoms with van der Waals surface area (Å²) in [5, 5.41) is 13.5. The minimum absolute atomic E-state index is 0.0985. The zero-order chi connectivity index (χ0) is 18.0. The Morgan fingerprint density at radius 2 is 2.04 bits per heavy atom. The van der Waals surface area contributed by atoms with Crippen LogP contribution in [0.5, 0.6) is 0 Å². The van der Waals surface area contributed by atoms with E-state index in [1.54, 1.807) is 20.0 Å². The summed E-state index contributed by atoms with van der Waals surface area (Å²) in [6.07, 6.45) is 6.75. The molecule has 0 aromatic carbocycles. The first-order valence-electron chi connectivity index (χ1n) is 8.66. The Balaban J connectivity index is 1.58. The maximum absolute atomic E-state index is 12.7. The van der Waals surface area contributed by atoms with E-state index in [0.29, 0.717) is 36.0 Å². The molecule has 3 rings (SSSR count). The van der Waals surface area contributed by atoms with Gasteiger partial charge in [0.1, 0.15) is 5.69 Å². The Bertz CT molecular complexity index is 756. The van der Waals surface area contributed by atoms with Crippen molar-refractivity contribution in [1.82, 2.24) is 19.7 Å². The van der Waals surface area contributed by atoms with E-state index in [9.17, 15) is 14.7 Å². The zero-order valence-electron chi connectivity index (χ0n) is 14.7. The fourth-order valence-corrected chi connectivity index (χ4v) is 3.62. The predicted molar refractivity (Wildman–Crippen MR) is 92.7 cm³/mol. The smallest absolute Gasteiger partial charge is 0.337 e. The average molecular weight is 344 g/mol. The molecule has 2 N–H and O–H groups in total. The number of carboxylic acid groups (broad SMARTS) is 1. The van der Waals surface area contributed by atoms with Gasteiger partial charge in [0.2, 0.25) is 0 Å². The third-order valence-corrected chi connectivity index (χ3v) is 5.09. The van der Waals surface area contributed by atoms with Crippen LogP contribution in [0.4, 0.5) is 0 Å². The van der Waals surface area contributed by atoms with Gasteiger partial charge in [-0.1, -0.05) is 0 Å². The summed E-state index contributed by atoms with van der Waals surface area (Å²) >= 11 is 0. The molecule has 0 radical (unpaired) electrons. The summed E-state index contributed by atoms with van der Waals surface area (Å²) in [5.41, 5.74) is 1.67. The molecule has 0 spiro atoms. The number of H-pyrrole nitrogens is 1. The Kier molecular flexibility index (Phi) is 4.92. The second-order valence-electron chi connectivity index (χ2n) is 6.72. The third-order valence-electron chi connectivity index (χ3n) is 5.09. The van der Waals surface area contributed by atoms with Crippen LogP contribution in [0.2, 0.25) is 0 Å². The lowest BCUT2D eigenvalue weighted by Gasteiger charge is -2.32. The van der Waals surface area contributed by atoms with Crippen molar-refractivity contribution in [2.45, 2.75) is 39.7 Å². The number of aromatic amines is 1. The number of hydrogen-bond donors (Lipinski definition) is 2. The molecular formula is C18H24N4O3. The number of nitrogens with zero attached hydrogens (tertiary/aromatic N) is 3. The van der Waals surface area contributed by atoms with Gasteiger partial charge >= 0.3 is 5.97 Å². The van der Waals surface area contributed by atoms with Crippen LogP contribution in [0.15, 0.2) is 18.5 Å². The third kappa shape index (κ3) is 3.60. The molecule has 1 saturated heterocycles. The van der Waals surface area contributed by atoms with Crippen LogP contribution in [-0.2, 0) is 6.54 Å². The first-order valence-corrected chi connectivity index (χ1v) is 8.66.